The smallest absolute Gasteiger partial charge is 0.301 e. The summed E-state index contributed by atoms with van der Waals surface area (Å²) in [7, 11) is 3.87. The molecule has 1 amide bonds. The molecule has 4 N–H and O–H groups in total. The van der Waals surface area contributed by atoms with Crippen molar-refractivity contribution < 1.29 is 19.2 Å². The van der Waals surface area contributed by atoms with Gasteiger partial charge in [-0.1, -0.05) is 0 Å². The van der Waals surface area contributed by atoms with E-state index in [1.54, 1.807) is 6.07 Å². The van der Waals surface area contributed by atoms with E-state index in [0.717, 1.165) is 24.9 Å². The fourth-order valence-corrected chi connectivity index (χ4v) is 3.40. The molecule has 0 bridgehead atoms. The van der Waals surface area contributed by atoms with Crippen molar-refractivity contribution in [3.8, 4) is 22.8 Å². The minimum absolute atomic E-state index is 0.119. The maximum absolute atomic E-state index is 12.0. The molecule has 3 rings (SSSR count). The summed E-state index contributed by atoms with van der Waals surface area (Å²) in [5, 5.41) is 11.8. The molecule has 10 nitrogen and oxygen atoms in total. The molecule has 0 fully saturated rings. The Hall–Kier alpha value is -3.40. The number of nitrogens with zero attached hydrogens (tertiary/aromatic N) is 3. The molecule has 0 radical (unpaired) electrons. The lowest BCUT2D eigenvalue weighted by atomic mass is 9.97. The van der Waals surface area contributed by atoms with E-state index in [1.165, 1.54) is 12.3 Å². The minimum Gasteiger partial charge on any atom is -0.493 e. The number of benzene rings is 1. The van der Waals surface area contributed by atoms with Crippen molar-refractivity contribution in [3.05, 3.63) is 39.6 Å². The molecule has 0 spiro atoms. The van der Waals surface area contributed by atoms with Crippen molar-refractivity contribution in [2.24, 2.45) is 5.73 Å². The van der Waals surface area contributed by atoms with Crippen LogP contribution in [0, 0.1) is 10.1 Å². The molecule has 0 atom stereocenters. The van der Waals surface area contributed by atoms with Gasteiger partial charge in [0.1, 0.15) is 17.0 Å². The van der Waals surface area contributed by atoms with Crippen molar-refractivity contribution >= 4 is 17.3 Å². The first-order chi connectivity index (χ1) is 14.3. The molecule has 0 saturated carbocycles. The molecule has 2 heterocycles. The van der Waals surface area contributed by atoms with Crippen LogP contribution in [-0.4, -0.2) is 54.6 Å². The zero-order valence-electron chi connectivity index (χ0n) is 17.0. The topological polar surface area (TPSA) is 147 Å². The number of anilines is 1. The number of hydrogen-bond acceptors (Lipinski definition) is 8. The number of rotatable bonds is 8. The van der Waals surface area contributed by atoms with Crippen LogP contribution in [0.15, 0.2) is 18.3 Å². The number of pyridine rings is 1. The summed E-state index contributed by atoms with van der Waals surface area (Å²) in [5.41, 5.74) is 12.2. The molecule has 2 aromatic rings. The van der Waals surface area contributed by atoms with Gasteiger partial charge in [0.2, 0.25) is 5.88 Å². The summed E-state index contributed by atoms with van der Waals surface area (Å²) in [6.07, 6.45) is 3.77. The third kappa shape index (κ3) is 4.43. The third-order valence-corrected chi connectivity index (χ3v) is 4.80. The van der Waals surface area contributed by atoms with Gasteiger partial charge < -0.3 is 25.8 Å². The Kier molecular flexibility index (Phi) is 6.36. The molecular formula is C20H25N5O5. The maximum Gasteiger partial charge on any atom is 0.301 e. The lowest BCUT2D eigenvalue weighted by Gasteiger charge is -2.18. The van der Waals surface area contributed by atoms with E-state index in [4.69, 9.17) is 20.9 Å². The molecule has 0 aliphatic carbocycles. The number of aromatic nitrogens is 1. The number of ether oxygens (including phenoxy) is 2. The average Bonchev–Trinajstić information content (AvgIpc) is 2.69. The van der Waals surface area contributed by atoms with E-state index in [1.807, 2.05) is 19.0 Å². The Morgan fingerprint density at radius 3 is 2.83 bits per heavy atom. The van der Waals surface area contributed by atoms with E-state index in [-0.39, 0.29) is 22.6 Å². The molecule has 1 aromatic heterocycles. The van der Waals surface area contributed by atoms with E-state index < -0.39 is 16.5 Å². The molecule has 1 aliphatic rings. The fraction of sp³-hybridized carbons (Fsp3) is 0.400. The van der Waals surface area contributed by atoms with Crippen molar-refractivity contribution in [2.75, 3.05) is 39.6 Å². The Bertz CT molecular complexity index is 977. The van der Waals surface area contributed by atoms with Gasteiger partial charge in [0, 0.05) is 23.9 Å². The van der Waals surface area contributed by atoms with E-state index in [0.29, 0.717) is 31.1 Å². The molecule has 1 aliphatic heterocycles. The van der Waals surface area contributed by atoms with Crippen LogP contribution in [0.2, 0.25) is 0 Å². The standard InChI is InChI=1S/C20H25N5O5/c1-24(2)6-4-8-29-15-10-14(18(25(27)28)17(21)16(15)19(22)26)13-9-12-5-3-7-30-20(12)23-11-13/h9-11H,3-8,21H2,1-2H3,(H2,22,26). The van der Waals surface area contributed by atoms with Crippen LogP contribution in [-0.2, 0) is 6.42 Å². The minimum atomic E-state index is -0.887. The molecule has 10 heteroatoms. The van der Waals surface area contributed by atoms with Gasteiger partial charge in [-0.3, -0.25) is 14.9 Å². The van der Waals surface area contributed by atoms with E-state index in [9.17, 15) is 14.9 Å². The van der Waals surface area contributed by atoms with Gasteiger partial charge in [0.25, 0.3) is 5.91 Å². The van der Waals surface area contributed by atoms with Crippen molar-refractivity contribution in [2.45, 2.75) is 19.3 Å². The van der Waals surface area contributed by atoms with Gasteiger partial charge in [-0.25, -0.2) is 4.98 Å². The molecular weight excluding hydrogens is 390 g/mol. The summed E-state index contributed by atoms with van der Waals surface area (Å²) in [5.74, 6) is -0.246. The Balaban J connectivity index is 2.09. The Morgan fingerprint density at radius 2 is 2.17 bits per heavy atom. The number of fused-ring (bicyclic) bond motifs is 1. The first-order valence-electron chi connectivity index (χ1n) is 9.60. The van der Waals surface area contributed by atoms with Gasteiger partial charge >= 0.3 is 5.69 Å². The van der Waals surface area contributed by atoms with Gasteiger partial charge in [0.15, 0.2) is 0 Å². The highest BCUT2D eigenvalue weighted by Gasteiger charge is 2.29. The highest BCUT2D eigenvalue weighted by atomic mass is 16.6. The second kappa shape index (κ2) is 8.95. The van der Waals surface area contributed by atoms with Crippen molar-refractivity contribution in [1.29, 1.82) is 0 Å². The van der Waals surface area contributed by atoms with Crippen LogP contribution in [0.4, 0.5) is 11.4 Å². The van der Waals surface area contributed by atoms with Crippen LogP contribution >= 0.6 is 0 Å². The summed E-state index contributed by atoms with van der Waals surface area (Å²) < 4.78 is 11.3. The van der Waals surface area contributed by atoms with Gasteiger partial charge in [-0.15, -0.1) is 0 Å². The second-order valence-electron chi connectivity index (χ2n) is 7.33. The lowest BCUT2D eigenvalue weighted by Crippen LogP contribution is -2.19. The monoisotopic (exact) mass is 415 g/mol. The van der Waals surface area contributed by atoms with Crippen molar-refractivity contribution in [3.63, 3.8) is 0 Å². The first kappa shape index (κ1) is 21.3. The van der Waals surface area contributed by atoms with Crippen LogP contribution in [0.5, 0.6) is 11.6 Å². The SMILES string of the molecule is CN(C)CCCOc1cc(-c2cnc3c(c2)CCCO3)c([N+](=O)[O-])c(N)c1C(N)=O. The summed E-state index contributed by atoms with van der Waals surface area (Å²) in [6, 6.07) is 3.24. The van der Waals surface area contributed by atoms with Crippen LogP contribution in [0.25, 0.3) is 11.1 Å². The summed E-state index contributed by atoms with van der Waals surface area (Å²) >= 11 is 0. The number of aryl methyl sites for hydroxylation is 1. The van der Waals surface area contributed by atoms with E-state index >= 15 is 0 Å². The average molecular weight is 415 g/mol. The lowest BCUT2D eigenvalue weighted by molar-refractivity contribution is -0.383. The third-order valence-electron chi connectivity index (χ3n) is 4.80. The predicted molar refractivity (Wildman–Crippen MR) is 112 cm³/mol. The summed E-state index contributed by atoms with van der Waals surface area (Å²) in [6.45, 7) is 1.66. The molecule has 1 aromatic carbocycles. The normalized spacial score (nSPS) is 12.9. The zero-order valence-corrected chi connectivity index (χ0v) is 17.0. The largest absolute Gasteiger partial charge is 0.493 e. The fourth-order valence-electron chi connectivity index (χ4n) is 3.40. The second-order valence-corrected chi connectivity index (χ2v) is 7.33. The predicted octanol–water partition coefficient (Wildman–Crippen LogP) is 1.99. The van der Waals surface area contributed by atoms with Crippen LogP contribution in [0.3, 0.4) is 0 Å². The number of nitrogens with two attached hydrogens (primary N) is 2. The van der Waals surface area contributed by atoms with Crippen molar-refractivity contribution in [1.82, 2.24) is 9.88 Å². The molecule has 30 heavy (non-hydrogen) atoms. The number of primary amides is 1. The quantitative estimate of drug-likeness (QED) is 0.288. The Morgan fingerprint density at radius 1 is 1.40 bits per heavy atom. The number of hydrogen-bond donors (Lipinski definition) is 2. The highest BCUT2D eigenvalue weighted by molar-refractivity contribution is 6.05. The number of carbonyl (C=O) groups is 1. The molecule has 0 saturated heterocycles. The number of nitro groups is 1. The molecule has 160 valence electrons. The number of carbonyl (C=O) groups excluding carboxylic acids is 1. The van der Waals surface area contributed by atoms with Crippen LogP contribution in [0.1, 0.15) is 28.8 Å². The van der Waals surface area contributed by atoms with Crippen LogP contribution < -0.4 is 20.9 Å². The van der Waals surface area contributed by atoms with Gasteiger partial charge in [0.05, 0.1) is 23.7 Å². The summed E-state index contributed by atoms with van der Waals surface area (Å²) in [4.78, 5) is 29.5. The number of nitro benzene ring substituents is 1. The Labute approximate surface area is 173 Å². The maximum atomic E-state index is 12.0. The molecule has 0 unspecified atom stereocenters. The zero-order chi connectivity index (χ0) is 21.8. The number of nitrogen functional groups attached to an aromatic ring is 1. The van der Waals surface area contributed by atoms with E-state index in [2.05, 4.69) is 4.98 Å². The van der Waals surface area contributed by atoms with Gasteiger partial charge in [-0.2, -0.15) is 0 Å². The number of amides is 1. The first-order valence-corrected chi connectivity index (χ1v) is 9.60. The van der Waals surface area contributed by atoms with Gasteiger partial charge in [-0.05, 0) is 45.5 Å². The highest BCUT2D eigenvalue weighted by Crippen LogP contribution is 2.42.